The van der Waals surface area contributed by atoms with Crippen LogP contribution in [-0.4, -0.2) is 18.5 Å². The molecule has 0 bridgehead atoms. The third-order valence-electron chi connectivity index (χ3n) is 9.83. The Labute approximate surface area is 374 Å². The van der Waals surface area contributed by atoms with Crippen molar-refractivity contribution in [3.63, 3.8) is 0 Å². The van der Waals surface area contributed by atoms with E-state index in [1.165, 1.54) is 6.26 Å². The molecule has 316 valence electrons. The number of rotatable bonds is 18. The fraction of sp³-hybridized carbons (Fsp3) is 0.0357. The number of ether oxygens (including phenoxy) is 4. The van der Waals surface area contributed by atoms with Crippen LogP contribution in [0.1, 0.15) is 29.2 Å². The van der Waals surface area contributed by atoms with Crippen LogP contribution in [0, 0.1) is 0 Å². The molecule has 8 nitrogen and oxygen atoms in total. The van der Waals surface area contributed by atoms with Gasteiger partial charge in [0.05, 0.1) is 12.9 Å². The third kappa shape index (κ3) is 11.4. The van der Waals surface area contributed by atoms with E-state index in [1.807, 2.05) is 79.7 Å². The maximum Gasteiger partial charge on any atom is 0.335 e. The van der Waals surface area contributed by atoms with Crippen LogP contribution in [-0.2, 0) is 9.59 Å². The van der Waals surface area contributed by atoms with Crippen molar-refractivity contribution in [1.82, 2.24) is 0 Å². The highest BCUT2D eigenvalue weighted by molar-refractivity contribution is 5.85. The second-order valence-corrected chi connectivity index (χ2v) is 14.1. The van der Waals surface area contributed by atoms with Crippen molar-refractivity contribution in [2.45, 2.75) is 6.92 Å². The largest absolute Gasteiger partial charge is 0.494 e. The Kier molecular flexibility index (Phi) is 14.4. The molecule has 8 heteroatoms. The second-order valence-electron chi connectivity index (χ2n) is 14.1. The Bertz CT molecular complexity index is 2760. The molecular weight excluding hydrogens is 797 g/mol. The standard InChI is InChI=1S/C56H46N2O6/c1-5-55(59)63-53-36-28-49(29-37-53)57(47-24-32-51(33-25-47)61-7-3)45-20-16-41(17-21-45)12-14-43-10-9-11-44(40-43)15-13-42-18-22-46(23-19-42)58(48-26-34-52(35-27-48)62-8-4)50-30-38-54(39-31-50)64-56(60)6-2/h5-7,9-40H,1-3,8H2,4H3. The van der Waals surface area contributed by atoms with Gasteiger partial charge >= 0.3 is 11.9 Å². The zero-order valence-electron chi connectivity index (χ0n) is 35.4. The van der Waals surface area contributed by atoms with Gasteiger partial charge in [-0.3, -0.25) is 0 Å². The van der Waals surface area contributed by atoms with Crippen molar-refractivity contribution in [1.29, 1.82) is 0 Å². The molecule has 0 heterocycles. The van der Waals surface area contributed by atoms with Crippen LogP contribution in [0.3, 0.4) is 0 Å². The molecule has 7 rings (SSSR count). The monoisotopic (exact) mass is 842 g/mol. The summed E-state index contributed by atoms with van der Waals surface area (Å²) >= 11 is 0. The summed E-state index contributed by atoms with van der Waals surface area (Å²) in [6, 6.07) is 55.4. The summed E-state index contributed by atoms with van der Waals surface area (Å²) in [7, 11) is 0. The number of hydrogen-bond donors (Lipinski definition) is 0. The normalized spacial score (nSPS) is 10.8. The summed E-state index contributed by atoms with van der Waals surface area (Å²) in [4.78, 5) is 27.8. The van der Waals surface area contributed by atoms with E-state index in [1.54, 1.807) is 24.3 Å². The van der Waals surface area contributed by atoms with Crippen molar-refractivity contribution in [2.75, 3.05) is 16.4 Å². The van der Waals surface area contributed by atoms with Gasteiger partial charge in [-0.25, -0.2) is 9.59 Å². The molecule has 7 aromatic rings. The molecule has 0 aliphatic rings. The van der Waals surface area contributed by atoms with Gasteiger partial charge in [-0.15, -0.1) is 0 Å². The lowest BCUT2D eigenvalue weighted by molar-refractivity contribution is -0.129. The van der Waals surface area contributed by atoms with Crippen LogP contribution >= 0.6 is 0 Å². The first kappa shape index (κ1) is 43.5. The number of carbonyl (C=O) groups excluding carboxylic acids is 2. The van der Waals surface area contributed by atoms with Gasteiger partial charge in [0.15, 0.2) is 0 Å². The highest BCUT2D eigenvalue weighted by Gasteiger charge is 2.15. The van der Waals surface area contributed by atoms with E-state index in [2.05, 4.69) is 127 Å². The number of carbonyl (C=O) groups is 2. The summed E-state index contributed by atoms with van der Waals surface area (Å²) in [5, 5.41) is 0. The molecule has 0 unspecified atom stereocenters. The number of anilines is 6. The van der Waals surface area contributed by atoms with Gasteiger partial charge in [0.2, 0.25) is 0 Å². The molecule has 0 saturated carbocycles. The zero-order chi connectivity index (χ0) is 44.7. The first-order valence-electron chi connectivity index (χ1n) is 20.6. The van der Waals surface area contributed by atoms with Gasteiger partial charge in [0.25, 0.3) is 0 Å². The van der Waals surface area contributed by atoms with Crippen molar-refractivity contribution in [3.05, 3.63) is 230 Å². The third-order valence-corrected chi connectivity index (χ3v) is 9.83. The number of hydrogen-bond acceptors (Lipinski definition) is 8. The predicted octanol–water partition coefficient (Wildman–Crippen LogP) is 14.1. The van der Waals surface area contributed by atoms with Gasteiger partial charge in [0.1, 0.15) is 23.0 Å². The molecule has 0 radical (unpaired) electrons. The Balaban J connectivity index is 1.06. The molecule has 0 amide bonds. The van der Waals surface area contributed by atoms with Crippen molar-refractivity contribution in [2.24, 2.45) is 0 Å². The maximum atomic E-state index is 11.8. The van der Waals surface area contributed by atoms with E-state index in [0.29, 0.717) is 23.9 Å². The fourth-order valence-corrected chi connectivity index (χ4v) is 6.78. The molecule has 0 aromatic heterocycles. The SMILES string of the molecule is C=COc1ccc(N(c2ccc(C=Cc3cccc(C=Cc4ccc(N(c5ccc(OCC)cc5)c5ccc(OC(=O)C=C)cc5)cc4)c3)cc2)c2ccc(OC(=O)C=C)cc2)cc1. The van der Waals surface area contributed by atoms with E-state index in [-0.39, 0.29) is 0 Å². The van der Waals surface area contributed by atoms with Crippen LogP contribution < -0.4 is 28.7 Å². The molecule has 0 N–H and O–H groups in total. The smallest absolute Gasteiger partial charge is 0.335 e. The van der Waals surface area contributed by atoms with Crippen LogP contribution in [0.4, 0.5) is 34.1 Å². The molecule has 0 atom stereocenters. The van der Waals surface area contributed by atoms with Gasteiger partial charge in [-0.2, -0.15) is 0 Å². The summed E-state index contributed by atoms with van der Waals surface area (Å²) in [6.07, 6.45) is 12.1. The molecule has 0 spiro atoms. The molecule has 0 aliphatic carbocycles. The Morgan fingerprint density at radius 2 is 0.766 bits per heavy atom. The first-order valence-corrected chi connectivity index (χ1v) is 20.6. The van der Waals surface area contributed by atoms with Crippen LogP contribution in [0.25, 0.3) is 24.3 Å². The second kappa shape index (κ2) is 21.3. The van der Waals surface area contributed by atoms with E-state index in [4.69, 9.17) is 18.9 Å². The lowest BCUT2D eigenvalue weighted by Crippen LogP contribution is -2.10. The van der Waals surface area contributed by atoms with E-state index in [9.17, 15) is 9.59 Å². The average molecular weight is 843 g/mol. The Morgan fingerprint density at radius 1 is 0.438 bits per heavy atom. The van der Waals surface area contributed by atoms with Crippen molar-refractivity contribution >= 4 is 70.4 Å². The zero-order valence-corrected chi connectivity index (χ0v) is 35.4. The average Bonchev–Trinajstić information content (AvgIpc) is 3.33. The predicted molar refractivity (Wildman–Crippen MR) is 260 cm³/mol. The molecule has 64 heavy (non-hydrogen) atoms. The summed E-state index contributed by atoms with van der Waals surface area (Å²) in [5.74, 6) is 1.32. The number of benzene rings is 7. The quantitative estimate of drug-likeness (QED) is 0.0278. The molecule has 7 aromatic carbocycles. The number of nitrogens with zero attached hydrogens (tertiary/aromatic N) is 2. The summed E-state index contributed by atoms with van der Waals surface area (Å²) in [6.45, 7) is 13.1. The van der Waals surface area contributed by atoms with E-state index >= 15 is 0 Å². The van der Waals surface area contributed by atoms with Crippen molar-refractivity contribution < 1.29 is 28.5 Å². The first-order chi connectivity index (χ1) is 31.3. The minimum Gasteiger partial charge on any atom is -0.494 e. The van der Waals surface area contributed by atoms with Crippen molar-refractivity contribution in [3.8, 4) is 23.0 Å². The topological polar surface area (TPSA) is 77.5 Å². The summed E-state index contributed by atoms with van der Waals surface area (Å²) in [5.41, 5.74) is 9.76. The molecule has 0 fully saturated rings. The maximum absolute atomic E-state index is 11.8. The van der Waals surface area contributed by atoms with Gasteiger partial charge < -0.3 is 28.7 Å². The fourth-order valence-electron chi connectivity index (χ4n) is 6.78. The van der Waals surface area contributed by atoms with Crippen LogP contribution in [0.5, 0.6) is 23.0 Å². The lowest BCUT2D eigenvalue weighted by Gasteiger charge is -2.26. The molecule has 0 aliphatic heterocycles. The lowest BCUT2D eigenvalue weighted by atomic mass is 10.1. The molecule has 0 saturated heterocycles. The van der Waals surface area contributed by atoms with Gasteiger partial charge in [-0.1, -0.05) is 86.5 Å². The van der Waals surface area contributed by atoms with E-state index in [0.717, 1.165) is 74.3 Å². The Morgan fingerprint density at radius 3 is 1.11 bits per heavy atom. The summed E-state index contributed by atoms with van der Waals surface area (Å²) < 4.78 is 21.8. The van der Waals surface area contributed by atoms with Gasteiger partial charge in [0, 0.05) is 46.3 Å². The number of esters is 2. The minimum absolute atomic E-state index is 0.428. The molecular formula is C56H46N2O6. The van der Waals surface area contributed by atoms with Gasteiger partial charge in [-0.05, 0) is 157 Å². The Hall–Kier alpha value is -8.62. The van der Waals surface area contributed by atoms with Crippen LogP contribution in [0.2, 0.25) is 0 Å². The highest BCUT2D eigenvalue weighted by Crippen LogP contribution is 2.38. The van der Waals surface area contributed by atoms with E-state index < -0.39 is 11.9 Å². The van der Waals surface area contributed by atoms with Crippen LogP contribution in [0.15, 0.2) is 208 Å². The highest BCUT2D eigenvalue weighted by atomic mass is 16.5. The minimum atomic E-state index is -0.515.